The summed E-state index contributed by atoms with van der Waals surface area (Å²) in [5, 5.41) is 0. The van der Waals surface area contributed by atoms with Crippen molar-refractivity contribution in [1.82, 2.24) is 4.98 Å². The maximum atomic E-state index is 5.61. The zero-order chi connectivity index (χ0) is 8.27. The van der Waals surface area contributed by atoms with Crippen molar-refractivity contribution in [3.8, 4) is 12.3 Å². The fourth-order valence-corrected chi connectivity index (χ4v) is 0.760. The fourth-order valence-electron chi connectivity index (χ4n) is 0.760. The van der Waals surface area contributed by atoms with Gasteiger partial charge in [-0.15, -0.1) is 6.42 Å². The average Bonchev–Trinajstić information content (AvgIpc) is 2.05. The van der Waals surface area contributed by atoms with Gasteiger partial charge in [0.2, 0.25) is 0 Å². The molecule has 56 valence electrons. The van der Waals surface area contributed by atoms with Crippen LogP contribution in [0.2, 0.25) is 0 Å². The van der Waals surface area contributed by atoms with Crippen LogP contribution in [-0.4, -0.2) is 4.98 Å². The molecule has 0 bridgehead atoms. The van der Waals surface area contributed by atoms with Crippen LogP contribution in [0.5, 0.6) is 0 Å². The second-order valence-corrected chi connectivity index (χ2v) is 2.41. The zero-order valence-corrected chi connectivity index (χ0v) is 6.41. The van der Waals surface area contributed by atoms with Crippen LogP contribution < -0.4 is 5.73 Å². The normalized spacial score (nSPS) is 12.1. The lowest BCUT2D eigenvalue weighted by atomic mass is 10.1. The molecule has 2 heteroatoms. The van der Waals surface area contributed by atoms with Gasteiger partial charge in [0.05, 0.1) is 0 Å². The highest BCUT2D eigenvalue weighted by Crippen LogP contribution is 2.06. The first-order valence-corrected chi connectivity index (χ1v) is 3.42. The maximum absolute atomic E-state index is 5.61. The molecule has 0 spiro atoms. The van der Waals surface area contributed by atoms with Crippen LogP contribution in [0.4, 0.5) is 0 Å². The Hall–Kier alpha value is -1.33. The van der Waals surface area contributed by atoms with Crippen LogP contribution in [0.1, 0.15) is 24.2 Å². The lowest BCUT2D eigenvalue weighted by molar-refractivity contribution is 0.811. The van der Waals surface area contributed by atoms with Gasteiger partial charge in [0.25, 0.3) is 0 Å². The number of pyridine rings is 1. The Kier molecular flexibility index (Phi) is 2.25. The molecular weight excluding hydrogens is 136 g/mol. The Bertz CT molecular complexity index is 267. The first-order chi connectivity index (χ1) is 5.24. The molecule has 1 rings (SSSR count). The minimum atomic E-state index is 0.0225. The Morgan fingerprint density at radius 1 is 1.64 bits per heavy atom. The first-order valence-electron chi connectivity index (χ1n) is 3.42. The van der Waals surface area contributed by atoms with E-state index in [0.717, 1.165) is 5.56 Å². The third kappa shape index (κ3) is 1.79. The topological polar surface area (TPSA) is 38.9 Å². The minimum Gasteiger partial charge on any atom is -0.324 e. The van der Waals surface area contributed by atoms with Crippen LogP contribution in [-0.2, 0) is 0 Å². The number of rotatable bonds is 1. The molecule has 0 fully saturated rings. The summed E-state index contributed by atoms with van der Waals surface area (Å²) in [6.45, 7) is 1.91. The minimum absolute atomic E-state index is 0.0225. The van der Waals surface area contributed by atoms with E-state index in [1.807, 2.05) is 13.0 Å². The highest BCUT2D eigenvalue weighted by atomic mass is 14.7. The third-order valence-corrected chi connectivity index (χ3v) is 1.46. The van der Waals surface area contributed by atoms with Gasteiger partial charge in [0.15, 0.2) is 0 Å². The van der Waals surface area contributed by atoms with Gasteiger partial charge in [-0.1, -0.05) is 12.0 Å². The summed E-state index contributed by atoms with van der Waals surface area (Å²) in [7, 11) is 0. The van der Waals surface area contributed by atoms with E-state index < -0.39 is 0 Å². The largest absolute Gasteiger partial charge is 0.324 e. The third-order valence-electron chi connectivity index (χ3n) is 1.46. The summed E-state index contributed by atoms with van der Waals surface area (Å²) in [6, 6.07) is 3.71. The van der Waals surface area contributed by atoms with Crippen LogP contribution in [0.3, 0.4) is 0 Å². The summed E-state index contributed by atoms with van der Waals surface area (Å²) in [4.78, 5) is 4.00. The number of aromatic nitrogens is 1. The maximum Gasteiger partial charge on any atom is 0.112 e. The first kappa shape index (κ1) is 7.77. The predicted molar refractivity (Wildman–Crippen MR) is 44.8 cm³/mol. The second kappa shape index (κ2) is 3.18. The SMILES string of the molecule is C#Cc1ccc([C@H](C)N)cn1. The van der Waals surface area contributed by atoms with Gasteiger partial charge < -0.3 is 5.73 Å². The van der Waals surface area contributed by atoms with Gasteiger partial charge in [-0.3, -0.25) is 0 Å². The molecule has 11 heavy (non-hydrogen) atoms. The summed E-state index contributed by atoms with van der Waals surface area (Å²) in [5.41, 5.74) is 7.26. The number of hydrogen-bond donors (Lipinski definition) is 1. The van der Waals surface area contributed by atoms with E-state index >= 15 is 0 Å². The summed E-state index contributed by atoms with van der Waals surface area (Å²) < 4.78 is 0. The number of terminal acetylenes is 1. The molecule has 0 aliphatic heterocycles. The van der Waals surface area contributed by atoms with Gasteiger partial charge in [0, 0.05) is 12.2 Å². The molecule has 2 N–H and O–H groups in total. The lowest BCUT2D eigenvalue weighted by Crippen LogP contribution is -2.05. The highest BCUT2D eigenvalue weighted by Gasteiger charge is 1.97. The fraction of sp³-hybridized carbons (Fsp3) is 0.222. The van der Waals surface area contributed by atoms with Crippen molar-refractivity contribution in [2.75, 3.05) is 0 Å². The molecule has 0 radical (unpaired) electrons. The van der Waals surface area contributed by atoms with Gasteiger partial charge in [0.1, 0.15) is 5.69 Å². The molecule has 1 aromatic heterocycles. The van der Waals surface area contributed by atoms with Gasteiger partial charge in [-0.05, 0) is 18.6 Å². The van der Waals surface area contributed by atoms with E-state index in [0.29, 0.717) is 5.69 Å². The van der Waals surface area contributed by atoms with Crippen molar-refractivity contribution < 1.29 is 0 Å². The standard InChI is InChI=1S/C9H10N2/c1-3-9-5-4-8(6-11-9)7(2)10/h1,4-7H,10H2,2H3/t7-/m0/s1. The zero-order valence-electron chi connectivity index (χ0n) is 6.41. The van der Waals surface area contributed by atoms with Gasteiger partial charge in [-0.25, -0.2) is 4.98 Å². The van der Waals surface area contributed by atoms with Crippen molar-refractivity contribution in [2.24, 2.45) is 5.73 Å². The van der Waals surface area contributed by atoms with E-state index in [2.05, 4.69) is 10.9 Å². The van der Waals surface area contributed by atoms with E-state index in [4.69, 9.17) is 12.2 Å². The van der Waals surface area contributed by atoms with Crippen LogP contribution in [0.15, 0.2) is 18.3 Å². The molecule has 0 aliphatic rings. The van der Waals surface area contributed by atoms with Gasteiger partial charge >= 0.3 is 0 Å². The van der Waals surface area contributed by atoms with E-state index in [1.165, 1.54) is 0 Å². The molecule has 0 saturated carbocycles. The molecule has 1 atom stereocenters. The average molecular weight is 146 g/mol. The number of nitrogens with zero attached hydrogens (tertiary/aromatic N) is 1. The number of nitrogens with two attached hydrogens (primary N) is 1. The van der Waals surface area contributed by atoms with Gasteiger partial charge in [-0.2, -0.15) is 0 Å². The van der Waals surface area contributed by atoms with Crippen molar-refractivity contribution in [1.29, 1.82) is 0 Å². The molecule has 0 unspecified atom stereocenters. The molecule has 0 aromatic carbocycles. The molecule has 0 amide bonds. The number of hydrogen-bond acceptors (Lipinski definition) is 2. The second-order valence-electron chi connectivity index (χ2n) is 2.41. The van der Waals surface area contributed by atoms with Crippen molar-refractivity contribution in [3.63, 3.8) is 0 Å². The van der Waals surface area contributed by atoms with Crippen LogP contribution >= 0.6 is 0 Å². The molecule has 0 saturated heterocycles. The van der Waals surface area contributed by atoms with Crippen LogP contribution in [0, 0.1) is 12.3 Å². The molecule has 1 aromatic rings. The van der Waals surface area contributed by atoms with E-state index in [1.54, 1.807) is 12.3 Å². The highest BCUT2D eigenvalue weighted by molar-refractivity contribution is 5.27. The predicted octanol–water partition coefficient (Wildman–Crippen LogP) is 1.08. The Morgan fingerprint density at radius 2 is 2.36 bits per heavy atom. The molecular formula is C9H10N2. The Labute approximate surface area is 66.4 Å². The van der Waals surface area contributed by atoms with E-state index in [-0.39, 0.29) is 6.04 Å². The Balaban J connectivity index is 2.94. The van der Waals surface area contributed by atoms with Crippen molar-refractivity contribution >= 4 is 0 Å². The van der Waals surface area contributed by atoms with Crippen LogP contribution in [0.25, 0.3) is 0 Å². The smallest absolute Gasteiger partial charge is 0.112 e. The lowest BCUT2D eigenvalue weighted by Gasteiger charge is -2.02. The monoisotopic (exact) mass is 146 g/mol. The van der Waals surface area contributed by atoms with Crippen molar-refractivity contribution in [3.05, 3.63) is 29.6 Å². The Morgan fingerprint density at radius 3 is 2.73 bits per heavy atom. The molecule has 0 aliphatic carbocycles. The molecule has 1 heterocycles. The van der Waals surface area contributed by atoms with Crippen molar-refractivity contribution in [2.45, 2.75) is 13.0 Å². The summed E-state index contributed by atoms with van der Waals surface area (Å²) >= 11 is 0. The van der Waals surface area contributed by atoms with E-state index in [9.17, 15) is 0 Å². The summed E-state index contributed by atoms with van der Waals surface area (Å²) in [6.07, 6.45) is 6.84. The molecule has 2 nitrogen and oxygen atoms in total. The summed E-state index contributed by atoms with van der Waals surface area (Å²) in [5.74, 6) is 2.44. The quantitative estimate of drug-likeness (QED) is 0.602.